The molecule has 4 aromatic rings. The van der Waals surface area contributed by atoms with Crippen LogP contribution in [-0.4, -0.2) is 29.6 Å². The van der Waals surface area contributed by atoms with Crippen molar-refractivity contribution in [3.8, 4) is 0 Å². The highest BCUT2D eigenvalue weighted by Gasteiger charge is 2.24. The Balaban J connectivity index is 1.61. The van der Waals surface area contributed by atoms with Crippen molar-refractivity contribution < 1.29 is 12.9 Å². The minimum atomic E-state index is -3.86. The lowest BCUT2D eigenvalue weighted by Gasteiger charge is -2.14. The van der Waals surface area contributed by atoms with Gasteiger partial charge in [-0.25, -0.2) is 18.1 Å². The van der Waals surface area contributed by atoms with Gasteiger partial charge < -0.3 is 9.51 Å². The van der Waals surface area contributed by atoms with Crippen molar-refractivity contribution in [3.05, 3.63) is 53.4 Å². The van der Waals surface area contributed by atoms with Gasteiger partial charge in [-0.05, 0) is 25.0 Å². The summed E-state index contributed by atoms with van der Waals surface area (Å²) in [4.78, 5) is 7.15. The molecule has 4 rings (SSSR count). The maximum atomic E-state index is 12.8. The molecule has 0 aliphatic heterocycles. The van der Waals surface area contributed by atoms with Gasteiger partial charge in [0, 0.05) is 23.1 Å². The molecule has 0 radical (unpaired) electrons. The van der Waals surface area contributed by atoms with E-state index in [-0.39, 0.29) is 27.1 Å². The number of pyridine rings is 1. The first-order valence-corrected chi connectivity index (χ1v) is 9.78. The minimum absolute atomic E-state index is 0.149. The molecule has 7 nitrogen and oxygen atoms in total. The number of aromatic nitrogens is 3. The van der Waals surface area contributed by atoms with Crippen molar-refractivity contribution in [2.24, 2.45) is 0 Å². The lowest BCUT2D eigenvalue weighted by Crippen LogP contribution is -2.34. The van der Waals surface area contributed by atoms with Crippen LogP contribution >= 0.6 is 11.6 Å². The molecule has 3 heterocycles. The minimum Gasteiger partial charge on any atom is -0.361 e. The van der Waals surface area contributed by atoms with Crippen LogP contribution in [0.3, 0.4) is 0 Å². The van der Waals surface area contributed by atoms with E-state index >= 15 is 0 Å². The molecule has 1 aromatic carbocycles. The van der Waals surface area contributed by atoms with Gasteiger partial charge in [0.05, 0.1) is 17.8 Å². The van der Waals surface area contributed by atoms with Crippen LogP contribution in [0.15, 0.2) is 52.4 Å². The van der Waals surface area contributed by atoms with Crippen LogP contribution in [0.2, 0.25) is 5.02 Å². The van der Waals surface area contributed by atoms with E-state index in [1.807, 2.05) is 30.5 Å². The second kappa shape index (κ2) is 6.39. The van der Waals surface area contributed by atoms with Gasteiger partial charge in [-0.1, -0.05) is 35.0 Å². The highest BCUT2D eigenvalue weighted by Crippen LogP contribution is 2.27. The van der Waals surface area contributed by atoms with Crippen LogP contribution in [0.25, 0.3) is 21.9 Å². The number of nitrogens with zero attached hydrogens (tertiary/aromatic N) is 2. The summed E-state index contributed by atoms with van der Waals surface area (Å²) in [6, 6.07) is 7.55. The predicted octanol–water partition coefficient (Wildman–Crippen LogP) is 3.27. The van der Waals surface area contributed by atoms with E-state index in [0.717, 1.165) is 16.5 Å². The van der Waals surface area contributed by atoms with Crippen molar-refractivity contribution in [3.63, 3.8) is 0 Å². The van der Waals surface area contributed by atoms with Gasteiger partial charge in [0.1, 0.15) is 5.02 Å². The summed E-state index contributed by atoms with van der Waals surface area (Å²) in [5.74, 6) is 0. The molecule has 0 fully saturated rings. The average molecular weight is 391 g/mol. The molecule has 1 unspecified atom stereocenters. The number of sulfonamides is 1. The molecule has 0 bridgehead atoms. The van der Waals surface area contributed by atoms with Crippen molar-refractivity contribution in [2.45, 2.75) is 24.4 Å². The number of nitrogens with one attached hydrogen (secondary N) is 2. The molecule has 1 atom stereocenters. The third-order valence-corrected chi connectivity index (χ3v) is 5.94. The second-order valence-electron chi connectivity index (χ2n) is 6.07. The van der Waals surface area contributed by atoms with Gasteiger partial charge in [-0.15, -0.1) is 0 Å². The monoisotopic (exact) mass is 390 g/mol. The topological polar surface area (TPSA) is 101 Å². The van der Waals surface area contributed by atoms with E-state index in [0.29, 0.717) is 6.42 Å². The molecule has 26 heavy (non-hydrogen) atoms. The number of hydrogen-bond donors (Lipinski definition) is 2. The Hall–Kier alpha value is -2.42. The van der Waals surface area contributed by atoms with Gasteiger partial charge in [-0.2, -0.15) is 0 Å². The van der Waals surface area contributed by atoms with Crippen molar-refractivity contribution in [2.75, 3.05) is 0 Å². The number of rotatable bonds is 5. The number of benzene rings is 1. The fourth-order valence-electron chi connectivity index (χ4n) is 3.01. The quantitative estimate of drug-likeness (QED) is 0.544. The normalized spacial score (nSPS) is 13.5. The number of halogens is 1. The Bertz CT molecular complexity index is 1200. The van der Waals surface area contributed by atoms with Crippen LogP contribution in [0.4, 0.5) is 0 Å². The van der Waals surface area contributed by atoms with Crippen LogP contribution in [0, 0.1) is 0 Å². The Morgan fingerprint density at radius 2 is 2.08 bits per heavy atom. The van der Waals surface area contributed by atoms with E-state index in [4.69, 9.17) is 16.1 Å². The maximum absolute atomic E-state index is 12.8. The van der Waals surface area contributed by atoms with Gasteiger partial charge in [0.2, 0.25) is 0 Å². The van der Waals surface area contributed by atoms with Crippen molar-refractivity contribution in [1.82, 2.24) is 19.8 Å². The first-order chi connectivity index (χ1) is 12.5. The Morgan fingerprint density at radius 3 is 2.92 bits per heavy atom. The summed E-state index contributed by atoms with van der Waals surface area (Å²) in [5.41, 5.74) is 2.25. The zero-order valence-corrected chi connectivity index (χ0v) is 15.3. The lowest BCUT2D eigenvalue weighted by molar-refractivity contribution is 0.456. The zero-order chi connectivity index (χ0) is 18.3. The third-order valence-electron chi connectivity index (χ3n) is 4.12. The molecular weight excluding hydrogens is 376 g/mol. The Morgan fingerprint density at radius 1 is 1.27 bits per heavy atom. The van der Waals surface area contributed by atoms with E-state index in [1.165, 1.54) is 12.4 Å². The van der Waals surface area contributed by atoms with E-state index < -0.39 is 10.0 Å². The van der Waals surface area contributed by atoms with Gasteiger partial charge in [0.15, 0.2) is 10.6 Å². The first kappa shape index (κ1) is 17.0. The molecule has 2 N–H and O–H groups in total. The number of aromatic amines is 1. The van der Waals surface area contributed by atoms with E-state index in [9.17, 15) is 8.42 Å². The van der Waals surface area contributed by atoms with Crippen molar-refractivity contribution >= 4 is 43.5 Å². The first-order valence-electron chi connectivity index (χ1n) is 7.92. The Kier molecular flexibility index (Phi) is 4.18. The van der Waals surface area contributed by atoms with Gasteiger partial charge in [-0.3, -0.25) is 0 Å². The molecule has 0 saturated carbocycles. The zero-order valence-electron chi connectivity index (χ0n) is 13.7. The molecular formula is C17H15ClN4O3S. The molecule has 0 amide bonds. The highest BCUT2D eigenvalue weighted by atomic mass is 35.5. The smallest absolute Gasteiger partial charge is 0.259 e. The molecule has 0 aliphatic carbocycles. The lowest BCUT2D eigenvalue weighted by atomic mass is 10.1. The van der Waals surface area contributed by atoms with Crippen LogP contribution in [0.5, 0.6) is 0 Å². The van der Waals surface area contributed by atoms with Crippen LogP contribution in [-0.2, 0) is 16.4 Å². The second-order valence-corrected chi connectivity index (χ2v) is 8.10. The van der Waals surface area contributed by atoms with E-state index in [2.05, 4.69) is 19.8 Å². The largest absolute Gasteiger partial charge is 0.361 e. The third kappa shape index (κ3) is 2.96. The standard InChI is InChI=1S/C17H15ClN4O3S/c1-10(6-11-7-19-15-5-3-2-4-12(11)15)22-26(23,24)17-13-8-21-25-16(13)14(18)9-20-17/h2-5,7-10,19,22H,6H2,1H3. The number of hydrogen-bond acceptors (Lipinski definition) is 5. The summed E-state index contributed by atoms with van der Waals surface area (Å²) in [6.45, 7) is 1.81. The van der Waals surface area contributed by atoms with E-state index in [1.54, 1.807) is 6.92 Å². The summed E-state index contributed by atoms with van der Waals surface area (Å²) >= 11 is 5.96. The number of para-hydroxylation sites is 1. The van der Waals surface area contributed by atoms with Crippen LogP contribution in [0.1, 0.15) is 12.5 Å². The number of H-pyrrole nitrogens is 1. The fraction of sp³-hybridized carbons (Fsp3) is 0.176. The summed E-state index contributed by atoms with van der Waals surface area (Å²) in [5, 5.41) is 5.00. The highest BCUT2D eigenvalue weighted by molar-refractivity contribution is 7.89. The summed E-state index contributed by atoms with van der Waals surface area (Å²) in [7, 11) is -3.86. The maximum Gasteiger partial charge on any atom is 0.259 e. The predicted molar refractivity (Wildman–Crippen MR) is 98.6 cm³/mol. The molecule has 0 spiro atoms. The SMILES string of the molecule is CC(Cc1c[nH]c2ccccc12)NS(=O)(=O)c1ncc(Cl)c2oncc12. The molecule has 3 aromatic heterocycles. The molecule has 0 aliphatic rings. The van der Waals surface area contributed by atoms with Gasteiger partial charge >= 0.3 is 0 Å². The Labute approximate surface area is 154 Å². The summed E-state index contributed by atoms with van der Waals surface area (Å²) < 4.78 is 33.2. The molecule has 0 saturated heterocycles. The molecule has 9 heteroatoms. The average Bonchev–Trinajstić information content (AvgIpc) is 3.22. The number of fused-ring (bicyclic) bond motifs is 2. The molecule has 134 valence electrons. The van der Waals surface area contributed by atoms with Crippen molar-refractivity contribution in [1.29, 1.82) is 0 Å². The fourth-order valence-corrected chi connectivity index (χ4v) is 4.55. The van der Waals surface area contributed by atoms with Crippen LogP contribution < -0.4 is 4.72 Å². The van der Waals surface area contributed by atoms with Gasteiger partial charge in [0.25, 0.3) is 10.0 Å². The summed E-state index contributed by atoms with van der Waals surface area (Å²) in [6.07, 6.45) is 4.97.